The van der Waals surface area contributed by atoms with Crippen LogP contribution < -0.4 is 0 Å². The summed E-state index contributed by atoms with van der Waals surface area (Å²) in [5.74, 6) is -0.413. The maximum absolute atomic E-state index is 12.9. The second-order valence-electron chi connectivity index (χ2n) is 17.4. The molecule has 0 saturated carbocycles. The Morgan fingerprint density at radius 1 is 0.594 bits per heavy atom. The van der Waals surface area contributed by atoms with E-state index in [0.29, 0.717) is 13.0 Å². The molecule has 0 aliphatic carbocycles. The molecule has 0 spiro atoms. The molecule has 0 aromatic heterocycles. The number of aliphatic hydroxyl groups is 3. The van der Waals surface area contributed by atoms with Crippen molar-refractivity contribution in [2.45, 2.75) is 243 Å². The van der Waals surface area contributed by atoms with Crippen LogP contribution in [0.3, 0.4) is 0 Å². The Morgan fingerprint density at radius 2 is 1.03 bits per heavy atom. The summed E-state index contributed by atoms with van der Waals surface area (Å²) in [7, 11) is -5.07. The molecule has 1 heterocycles. The van der Waals surface area contributed by atoms with Crippen molar-refractivity contribution >= 4 is 16.4 Å². The first-order valence-corrected chi connectivity index (χ1v) is 26.8. The normalized spacial score (nSPS) is 20.1. The highest BCUT2D eigenvalue weighted by atomic mass is 32.3. The molecule has 4 N–H and O–H groups in total. The third kappa shape index (κ3) is 35.3. The Kier molecular flexibility index (Phi) is 39.8. The minimum Gasteiger partial charge on any atom is -0.457 e. The first kappa shape index (κ1) is 60.1. The predicted molar refractivity (Wildman–Crippen MR) is 257 cm³/mol. The Morgan fingerprint density at radius 3 is 1.52 bits per heavy atom. The fourth-order valence-electron chi connectivity index (χ4n) is 7.56. The molecular weight excluding hydrogens is 837 g/mol. The molecule has 0 amide bonds. The maximum atomic E-state index is 12.9. The van der Waals surface area contributed by atoms with Crippen molar-refractivity contribution in [2.24, 2.45) is 0 Å². The molecule has 1 rings (SSSR count). The monoisotopic (exact) mass is 929 g/mol. The molecule has 0 aromatic rings. The highest BCUT2D eigenvalue weighted by Gasteiger charge is 2.48. The van der Waals surface area contributed by atoms with E-state index in [2.05, 4.69) is 66.6 Å². The topological polar surface area (TPSA) is 178 Å². The summed E-state index contributed by atoms with van der Waals surface area (Å²) in [4.78, 5) is 12.9. The lowest BCUT2D eigenvalue weighted by Crippen LogP contribution is -2.60. The lowest BCUT2D eigenvalue weighted by atomic mass is 9.99. The van der Waals surface area contributed by atoms with E-state index in [1.165, 1.54) is 103 Å². The molecule has 0 aromatic carbocycles. The molecule has 1 saturated heterocycles. The minimum absolute atomic E-state index is 0.0258. The van der Waals surface area contributed by atoms with Crippen molar-refractivity contribution in [3.8, 4) is 0 Å². The van der Waals surface area contributed by atoms with Crippen LogP contribution in [-0.4, -0.2) is 97.5 Å². The number of hydrogen-bond acceptors (Lipinski definition) is 11. The van der Waals surface area contributed by atoms with Crippen molar-refractivity contribution in [2.75, 3.05) is 26.4 Å². The molecule has 374 valence electrons. The lowest BCUT2D eigenvalue weighted by molar-refractivity contribution is -0.301. The quantitative estimate of drug-likeness (QED) is 0.0197. The summed E-state index contributed by atoms with van der Waals surface area (Å²) in [6.45, 7) is 3.96. The first-order chi connectivity index (χ1) is 31.1. The average Bonchev–Trinajstić information content (AvgIpc) is 3.27. The van der Waals surface area contributed by atoms with E-state index in [0.717, 1.165) is 77.0 Å². The van der Waals surface area contributed by atoms with E-state index >= 15 is 0 Å². The van der Waals surface area contributed by atoms with Gasteiger partial charge in [-0.1, -0.05) is 172 Å². The first-order valence-electron chi connectivity index (χ1n) is 25.4. The summed E-state index contributed by atoms with van der Waals surface area (Å²) in [6, 6.07) is 0. The number of carbonyl (C=O) groups excluding carboxylic acids is 1. The number of allylic oxidation sites excluding steroid dienone is 8. The Balaban J connectivity index is 2.39. The van der Waals surface area contributed by atoms with Gasteiger partial charge in [0.25, 0.3) is 0 Å². The van der Waals surface area contributed by atoms with E-state index in [1.54, 1.807) is 0 Å². The third-order valence-electron chi connectivity index (χ3n) is 11.4. The number of esters is 1. The van der Waals surface area contributed by atoms with E-state index in [4.69, 9.17) is 18.9 Å². The summed E-state index contributed by atoms with van der Waals surface area (Å²) < 4.78 is 59.2. The molecule has 1 aliphatic rings. The highest BCUT2D eigenvalue weighted by Crippen LogP contribution is 2.26. The lowest BCUT2D eigenvalue weighted by Gasteiger charge is -2.41. The van der Waals surface area contributed by atoms with E-state index < -0.39 is 59.8 Å². The summed E-state index contributed by atoms with van der Waals surface area (Å²) in [6.07, 6.45) is 42.8. The highest BCUT2D eigenvalue weighted by molar-refractivity contribution is 7.80. The number of aliphatic hydroxyl groups excluding tert-OH is 3. The standard InChI is InChI=1S/C51H92O12S/c1-3-5-7-9-11-13-15-17-19-21-22-23-24-25-26-28-30-32-34-36-38-40-47(53)61-45(44-60-51-49(55)50(63-64(56,57)58)48(54)46(42-52)62-51)43-59-41-39-37-35-33-31-29-27-20-18-16-14-12-10-8-6-4-2/h15,17-18,20-22,24-25,45-46,48-52,54-55H,3-14,16,19,23,26-44H2,1-2H3,(H,56,57,58)/b17-15-,20-18-,22-21-,25-24-. The molecule has 64 heavy (non-hydrogen) atoms. The van der Waals surface area contributed by atoms with Crippen LogP contribution in [0.25, 0.3) is 0 Å². The molecule has 1 aliphatic heterocycles. The van der Waals surface area contributed by atoms with Crippen LogP contribution in [-0.2, 0) is 38.3 Å². The zero-order valence-corrected chi connectivity index (χ0v) is 40.9. The SMILES string of the molecule is CCCCCCC/C=C\C/C=C\C/C=C\CCCCCCCCC(=O)OC(COCCCCCCCC/C=C\CCCCCCCC)COC1OC(CO)C(O)C(OS(=O)(=O)O)C1O. The Bertz CT molecular complexity index is 1300. The van der Waals surface area contributed by atoms with E-state index in [-0.39, 0.29) is 19.6 Å². The number of carbonyl (C=O) groups is 1. The molecule has 1 fully saturated rings. The number of ether oxygens (including phenoxy) is 4. The predicted octanol–water partition coefficient (Wildman–Crippen LogP) is 11.5. The zero-order valence-electron chi connectivity index (χ0n) is 40.1. The average molecular weight is 929 g/mol. The van der Waals surface area contributed by atoms with E-state index in [1.807, 2.05) is 0 Å². The molecular formula is C51H92O12S. The maximum Gasteiger partial charge on any atom is 0.397 e. The number of unbranched alkanes of at least 4 members (excludes halogenated alkanes) is 23. The van der Waals surface area contributed by atoms with Crippen LogP contribution in [0.15, 0.2) is 48.6 Å². The number of rotatable bonds is 44. The Labute approximate surface area is 389 Å². The van der Waals surface area contributed by atoms with E-state index in [9.17, 15) is 33.1 Å². The van der Waals surface area contributed by atoms with Crippen molar-refractivity contribution in [1.82, 2.24) is 0 Å². The van der Waals surface area contributed by atoms with Gasteiger partial charge in [-0.25, -0.2) is 4.18 Å². The van der Waals surface area contributed by atoms with Crippen LogP contribution in [0.5, 0.6) is 0 Å². The smallest absolute Gasteiger partial charge is 0.397 e. The Hall–Kier alpha value is -1.94. The molecule has 6 unspecified atom stereocenters. The molecule has 0 radical (unpaired) electrons. The van der Waals surface area contributed by atoms with Crippen molar-refractivity contribution in [3.63, 3.8) is 0 Å². The summed E-state index contributed by atoms with van der Waals surface area (Å²) in [5.41, 5.74) is 0. The van der Waals surface area contributed by atoms with Gasteiger partial charge in [-0.3, -0.25) is 9.35 Å². The second-order valence-corrected chi connectivity index (χ2v) is 18.4. The fraction of sp³-hybridized carbons (Fsp3) is 0.824. The van der Waals surface area contributed by atoms with Gasteiger partial charge in [0, 0.05) is 13.0 Å². The van der Waals surface area contributed by atoms with Gasteiger partial charge in [0.05, 0.1) is 19.8 Å². The van der Waals surface area contributed by atoms with Gasteiger partial charge in [0.2, 0.25) is 0 Å². The van der Waals surface area contributed by atoms with Crippen molar-refractivity contribution < 1.29 is 56.2 Å². The van der Waals surface area contributed by atoms with Gasteiger partial charge in [-0.05, 0) is 77.0 Å². The largest absolute Gasteiger partial charge is 0.457 e. The van der Waals surface area contributed by atoms with Crippen LogP contribution in [0.2, 0.25) is 0 Å². The van der Waals surface area contributed by atoms with Crippen LogP contribution >= 0.6 is 0 Å². The van der Waals surface area contributed by atoms with Gasteiger partial charge in [-0.15, -0.1) is 0 Å². The number of hydrogen-bond donors (Lipinski definition) is 4. The van der Waals surface area contributed by atoms with Crippen LogP contribution in [0.4, 0.5) is 0 Å². The zero-order chi connectivity index (χ0) is 46.8. The van der Waals surface area contributed by atoms with Crippen molar-refractivity contribution in [3.05, 3.63) is 48.6 Å². The van der Waals surface area contributed by atoms with Crippen molar-refractivity contribution in [1.29, 1.82) is 0 Å². The molecule has 13 heteroatoms. The van der Waals surface area contributed by atoms with Gasteiger partial charge < -0.3 is 34.3 Å². The molecule has 0 bridgehead atoms. The van der Waals surface area contributed by atoms with Gasteiger partial charge in [-0.2, -0.15) is 8.42 Å². The fourth-order valence-corrected chi connectivity index (χ4v) is 8.07. The van der Waals surface area contributed by atoms with Crippen LogP contribution in [0, 0.1) is 0 Å². The summed E-state index contributed by atoms with van der Waals surface area (Å²) >= 11 is 0. The van der Waals surface area contributed by atoms with Gasteiger partial charge >= 0.3 is 16.4 Å². The molecule has 6 atom stereocenters. The molecule has 12 nitrogen and oxygen atoms in total. The third-order valence-corrected chi connectivity index (χ3v) is 11.9. The van der Waals surface area contributed by atoms with Gasteiger partial charge in [0.1, 0.15) is 30.5 Å². The summed E-state index contributed by atoms with van der Waals surface area (Å²) in [5, 5.41) is 30.7. The minimum atomic E-state index is -5.07. The van der Waals surface area contributed by atoms with Gasteiger partial charge in [0.15, 0.2) is 6.29 Å². The van der Waals surface area contributed by atoms with Crippen LogP contribution in [0.1, 0.15) is 206 Å². The second kappa shape index (κ2) is 42.4.